The van der Waals surface area contributed by atoms with Crippen LogP contribution in [0.4, 0.5) is 0 Å². The highest BCUT2D eigenvalue weighted by Gasteiger charge is 2.05. The Labute approximate surface area is 136 Å². The monoisotopic (exact) mass is 312 g/mol. The summed E-state index contributed by atoms with van der Waals surface area (Å²) >= 11 is 0. The fourth-order valence-corrected chi connectivity index (χ4v) is 2.06. The number of rotatable bonds is 5. The van der Waals surface area contributed by atoms with E-state index in [1.165, 1.54) is 6.08 Å². The maximum absolute atomic E-state index is 12.0. The van der Waals surface area contributed by atoms with Gasteiger partial charge in [-0.2, -0.15) is 0 Å². The van der Waals surface area contributed by atoms with Crippen LogP contribution < -0.4 is 14.2 Å². The zero-order chi connectivity index (χ0) is 16.8. The molecule has 0 radical (unpaired) electrons. The van der Waals surface area contributed by atoms with Gasteiger partial charge >= 0.3 is 5.97 Å². The van der Waals surface area contributed by atoms with E-state index in [1.807, 2.05) is 26.0 Å². The molecule has 0 spiro atoms. The van der Waals surface area contributed by atoms with Gasteiger partial charge in [0.15, 0.2) is 0 Å². The number of ether oxygens (including phenoxy) is 3. The second-order valence-corrected chi connectivity index (χ2v) is 5.11. The van der Waals surface area contributed by atoms with Crippen LogP contribution in [-0.2, 0) is 4.79 Å². The molecule has 0 N–H and O–H groups in total. The number of carbonyl (C=O) groups excluding carboxylic acids is 1. The summed E-state index contributed by atoms with van der Waals surface area (Å²) in [5.41, 5.74) is 2.97. The minimum Gasteiger partial charge on any atom is -0.497 e. The summed E-state index contributed by atoms with van der Waals surface area (Å²) in [5, 5.41) is 0. The molecule has 0 aromatic heterocycles. The van der Waals surface area contributed by atoms with Crippen LogP contribution in [0.25, 0.3) is 6.08 Å². The third-order valence-corrected chi connectivity index (χ3v) is 3.53. The summed E-state index contributed by atoms with van der Waals surface area (Å²) in [6.07, 6.45) is 3.01. The lowest BCUT2D eigenvalue weighted by Gasteiger charge is -2.07. The fraction of sp³-hybridized carbons (Fsp3) is 0.211. The fourth-order valence-electron chi connectivity index (χ4n) is 2.06. The first kappa shape index (κ1) is 16.6. The number of aryl methyl sites for hydroxylation is 2. The van der Waals surface area contributed by atoms with Gasteiger partial charge in [-0.05, 0) is 61.4 Å². The molecule has 0 aliphatic heterocycles. The lowest BCUT2D eigenvalue weighted by atomic mass is 10.1. The van der Waals surface area contributed by atoms with E-state index in [0.717, 1.165) is 16.7 Å². The van der Waals surface area contributed by atoms with Crippen molar-refractivity contribution >= 4 is 12.0 Å². The Morgan fingerprint density at radius 3 is 2.30 bits per heavy atom. The second kappa shape index (κ2) is 7.49. The van der Waals surface area contributed by atoms with Crippen LogP contribution in [0.1, 0.15) is 16.7 Å². The Morgan fingerprint density at radius 1 is 0.913 bits per heavy atom. The predicted octanol–water partition coefficient (Wildman–Crippen LogP) is 3.94. The molecule has 0 aliphatic carbocycles. The van der Waals surface area contributed by atoms with Crippen molar-refractivity contribution < 1.29 is 19.0 Å². The number of benzene rings is 2. The molecule has 2 aromatic rings. The zero-order valence-electron chi connectivity index (χ0n) is 13.8. The number of methoxy groups -OCH3 is 2. The van der Waals surface area contributed by atoms with Crippen molar-refractivity contribution in [2.75, 3.05) is 14.2 Å². The highest BCUT2D eigenvalue weighted by atomic mass is 16.5. The minimum atomic E-state index is -0.446. The van der Waals surface area contributed by atoms with Crippen LogP contribution in [0, 0.1) is 13.8 Å². The predicted molar refractivity (Wildman–Crippen MR) is 90.1 cm³/mol. The highest BCUT2D eigenvalue weighted by Crippen LogP contribution is 2.25. The van der Waals surface area contributed by atoms with E-state index in [4.69, 9.17) is 14.2 Å². The summed E-state index contributed by atoms with van der Waals surface area (Å²) in [6, 6.07) is 10.9. The molecule has 23 heavy (non-hydrogen) atoms. The maximum Gasteiger partial charge on any atom is 0.336 e. The first-order valence-electron chi connectivity index (χ1n) is 7.22. The van der Waals surface area contributed by atoms with Crippen molar-refractivity contribution in [3.63, 3.8) is 0 Å². The summed E-state index contributed by atoms with van der Waals surface area (Å²) in [5.74, 6) is 1.42. The first-order chi connectivity index (χ1) is 11.0. The van der Waals surface area contributed by atoms with Crippen molar-refractivity contribution in [3.8, 4) is 17.2 Å². The molecule has 0 saturated heterocycles. The summed E-state index contributed by atoms with van der Waals surface area (Å²) < 4.78 is 15.7. The molecule has 0 heterocycles. The number of esters is 1. The van der Waals surface area contributed by atoms with Gasteiger partial charge in [-0.15, -0.1) is 0 Å². The van der Waals surface area contributed by atoms with Crippen LogP contribution in [0.2, 0.25) is 0 Å². The number of carbonyl (C=O) groups is 1. The molecule has 0 atom stereocenters. The van der Waals surface area contributed by atoms with E-state index >= 15 is 0 Å². The molecule has 0 saturated carbocycles. The van der Waals surface area contributed by atoms with E-state index in [1.54, 1.807) is 44.6 Å². The zero-order valence-corrected chi connectivity index (χ0v) is 13.8. The van der Waals surface area contributed by atoms with Crippen molar-refractivity contribution in [3.05, 3.63) is 59.2 Å². The third-order valence-electron chi connectivity index (χ3n) is 3.53. The third kappa shape index (κ3) is 4.36. The molecule has 120 valence electrons. The lowest BCUT2D eigenvalue weighted by Crippen LogP contribution is -2.04. The van der Waals surface area contributed by atoms with E-state index in [-0.39, 0.29) is 0 Å². The van der Waals surface area contributed by atoms with Crippen molar-refractivity contribution in [1.29, 1.82) is 0 Å². The van der Waals surface area contributed by atoms with Gasteiger partial charge < -0.3 is 14.2 Å². The summed E-state index contributed by atoms with van der Waals surface area (Å²) in [6.45, 7) is 3.99. The smallest absolute Gasteiger partial charge is 0.336 e. The SMILES string of the molecule is COc1ccc(OC)c(C=CC(=O)Oc2ccc(C)c(C)c2)c1. The van der Waals surface area contributed by atoms with Gasteiger partial charge in [-0.3, -0.25) is 0 Å². The average Bonchev–Trinajstić information content (AvgIpc) is 2.56. The largest absolute Gasteiger partial charge is 0.497 e. The van der Waals surface area contributed by atoms with Crippen LogP contribution in [0.3, 0.4) is 0 Å². The molecule has 0 aliphatic rings. The summed E-state index contributed by atoms with van der Waals surface area (Å²) in [4.78, 5) is 12.0. The normalized spacial score (nSPS) is 10.6. The standard InChI is InChI=1S/C19H20O4/c1-13-5-7-17(11-14(13)2)23-19(20)10-6-15-12-16(21-3)8-9-18(15)22-4/h5-12H,1-4H3. The van der Waals surface area contributed by atoms with Crippen LogP contribution >= 0.6 is 0 Å². The van der Waals surface area contributed by atoms with Crippen molar-refractivity contribution in [2.45, 2.75) is 13.8 Å². The Bertz CT molecular complexity index is 732. The van der Waals surface area contributed by atoms with E-state index in [9.17, 15) is 4.79 Å². The summed E-state index contributed by atoms with van der Waals surface area (Å²) in [7, 11) is 3.16. The topological polar surface area (TPSA) is 44.8 Å². The minimum absolute atomic E-state index is 0.446. The average molecular weight is 312 g/mol. The van der Waals surface area contributed by atoms with Crippen molar-refractivity contribution in [2.24, 2.45) is 0 Å². The van der Waals surface area contributed by atoms with Crippen LogP contribution in [-0.4, -0.2) is 20.2 Å². The molecular formula is C19H20O4. The molecule has 0 fully saturated rings. The molecule has 4 nitrogen and oxygen atoms in total. The number of hydrogen-bond donors (Lipinski definition) is 0. The van der Waals surface area contributed by atoms with Crippen molar-refractivity contribution in [1.82, 2.24) is 0 Å². The lowest BCUT2D eigenvalue weighted by molar-refractivity contribution is -0.128. The molecule has 4 heteroatoms. The van der Waals surface area contributed by atoms with Crippen LogP contribution in [0.15, 0.2) is 42.5 Å². The van der Waals surface area contributed by atoms with Gasteiger partial charge in [0.05, 0.1) is 14.2 Å². The highest BCUT2D eigenvalue weighted by molar-refractivity contribution is 5.89. The molecule has 0 unspecified atom stereocenters. The van der Waals surface area contributed by atoms with E-state index in [0.29, 0.717) is 17.2 Å². The Morgan fingerprint density at radius 2 is 1.65 bits per heavy atom. The first-order valence-corrected chi connectivity index (χ1v) is 7.22. The van der Waals surface area contributed by atoms with Gasteiger partial charge in [0.2, 0.25) is 0 Å². The molecule has 0 bridgehead atoms. The Balaban J connectivity index is 2.13. The molecule has 0 amide bonds. The molecular weight excluding hydrogens is 292 g/mol. The van der Waals surface area contributed by atoms with Gasteiger partial charge in [0.1, 0.15) is 17.2 Å². The Hall–Kier alpha value is -2.75. The van der Waals surface area contributed by atoms with Gasteiger partial charge in [0.25, 0.3) is 0 Å². The molecule has 2 rings (SSSR count). The van der Waals surface area contributed by atoms with Crippen LogP contribution in [0.5, 0.6) is 17.2 Å². The molecule has 2 aromatic carbocycles. The quantitative estimate of drug-likeness (QED) is 0.476. The number of hydrogen-bond acceptors (Lipinski definition) is 4. The van der Waals surface area contributed by atoms with Gasteiger partial charge in [-0.1, -0.05) is 6.07 Å². The maximum atomic E-state index is 12.0. The van der Waals surface area contributed by atoms with Gasteiger partial charge in [-0.25, -0.2) is 4.79 Å². The second-order valence-electron chi connectivity index (χ2n) is 5.11. The Kier molecular flexibility index (Phi) is 5.41. The van der Waals surface area contributed by atoms with E-state index in [2.05, 4.69) is 0 Å². The van der Waals surface area contributed by atoms with E-state index < -0.39 is 5.97 Å². The van der Waals surface area contributed by atoms with Gasteiger partial charge in [0, 0.05) is 11.6 Å².